The standard InChI is InChI=1S/C15H28N2O/c1-5-13(6-2)11-17(7-3)12-14-8-9-18-15(14)10-16-4/h8-9,13,16H,5-7,10-12H2,1-4H3. The van der Waals surface area contributed by atoms with Crippen molar-refractivity contribution < 1.29 is 4.42 Å². The normalized spacial score (nSPS) is 11.7. The summed E-state index contributed by atoms with van der Waals surface area (Å²) in [6.07, 6.45) is 4.33. The molecule has 0 atom stereocenters. The summed E-state index contributed by atoms with van der Waals surface area (Å²) in [4.78, 5) is 2.52. The van der Waals surface area contributed by atoms with Crippen LogP contribution < -0.4 is 5.32 Å². The van der Waals surface area contributed by atoms with Gasteiger partial charge in [0.1, 0.15) is 5.76 Å². The van der Waals surface area contributed by atoms with Crippen LogP contribution >= 0.6 is 0 Å². The number of hydrogen-bond acceptors (Lipinski definition) is 3. The van der Waals surface area contributed by atoms with Crippen LogP contribution in [0.1, 0.15) is 44.9 Å². The van der Waals surface area contributed by atoms with Crippen LogP contribution in [-0.2, 0) is 13.1 Å². The van der Waals surface area contributed by atoms with E-state index in [1.54, 1.807) is 6.26 Å². The monoisotopic (exact) mass is 252 g/mol. The summed E-state index contributed by atoms with van der Waals surface area (Å²) in [6, 6.07) is 2.10. The molecule has 0 bridgehead atoms. The van der Waals surface area contributed by atoms with E-state index in [0.717, 1.165) is 31.3 Å². The second-order valence-electron chi connectivity index (χ2n) is 4.91. The summed E-state index contributed by atoms with van der Waals surface area (Å²) < 4.78 is 5.52. The number of hydrogen-bond donors (Lipinski definition) is 1. The van der Waals surface area contributed by atoms with E-state index >= 15 is 0 Å². The molecule has 3 nitrogen and oxygen atoms in total. The predicted molar refractivity (Wildman–Crippen MR) is 76.5 cm³/mol. The zero-order valence-corrected chi connectivity index (χ0v) is 12.3. The summed E-state index contributed by atoms with van der Waals surface area (Å²) in [5.41, 5.74) is 1.32. The molecule has 3 heteroatoms. The Hall–Kier alpha value is -0.800. The first-order chi connectivity index (χ1) is 8.74. The van der Waals surface area contributed by atoms with Crippen LogP contribution in [0.2, 0.25) is 0 Å². The second kappa shape index (κ2) is 8.33. The maximum Gasteiger partial charge on any atom is 0.122 e. The highest BCUT2D eigenvalue weighted by Crippen LogP contribution is 2.16. The molecule has 1 N–H and O–H groups in total. The minimum atomic E-state index is 0.810. The van der Waals surface area contributed by atoms with Gasteiger partial charge in [-0.05, 0) is 25.6 Å². The van der Waals surface area contributed by atoms with Gasteiger partial charge in [-0.1, -0.05) is 33.6 Å². The van der Waals surface area contributed by atoms with Gasteiger partial charge in [-0.2, -0.15) is 0 Å². The summed E-state index contributed by atoms with van der Waals surface area (Å²) in [5, 5.41) is 3.15. The molecule has 0 aliphatic rings. The van der Waals surface area contributed by atoms with Gasteiger partial charge < -0.3 is 9.73 Å². The van der Waals surface area contributed by atoms with Crippen LogP contribution in [0.25, 0.3) is 0 Å². The molecule has 0 spiro atoms. The Bertz CT molecular complexity index is 318. The van der Waals surface area contributed by atoms with Crippen molar-refractivity contribution in [2.75, 3.05) is 20.1 Å². The summed E-state index contributed by atoms with van der Waals surface area (Å²) in [7, 11) is 1.95. The van der Waals surface area contributed by atoms with Crippen molar-refractivity contribution in [2.45, 2.75) is 46.7 Å². The quantitative estimate of drug-likeness (QED) is 0.731. The largest absolute Gasteiger partial charge is 0.468 e. The molecule has 0 saturated carbocycles. The first-order valence-electron chi connectivity index (χ1n) is 7.17. The molecule has 1 heterocycles. The summed E-state index contributed by atoms with van der Waals surface area (Å²) in [5.74, 6) is 1.88. The van der Waals surface area contributed by atoms with E-state index < -0.39 is 0 Å². The lowest BCUT2D eigenvalue weighted by Crippen LogP contribution is -2.29. The lowest BCUT2D eigenvalue weighted by atomic mass is 10.0. The molecule has 0 radical (unpaired) electrons. The van der Waals surface area contributed by atoms with Gasteiger partial charge in [-0.15, -0.1) is 0 Å². The highest BCUT2D eigenvalue weighted by Gasteiger charge is 2.13. The summed E-state index contributed by atoms with van der Waals surface area (Å²) in [6.45, 7) is 10.9. The lowest BCUT2D eigenvalue weighted by molar-refractivity contribution is 0.224. The minimum Gasteiger partial charge on any atom is -0.468 e. The highest BCUT2D eigenvalue weighted by atomic mass is 16.3. The Labute approximate surface area is 112 Å². The maximum atomic E-state index is 5.52. The lowest BCUT2D eigenvalue weighted by Gasteiger charge is -2.25. The first kappa shape index (κ1) is 15.3. The van der Waals surface area contributed by atoms with E-state index in [-0.39, 0.29) is 0 Å². The zero-order valence-electron chi connectivity index (χ0n) is 12.3. The molecule has 0 amide bonds. The minimum absolute atomic E-state index is 0.810. The van der Waals surface area contributed by atoms with Crippen LogP contribution in [0.15, 0.2) is 16.7 Å². The Balaban J connectivity index is 2.58. The van der Waals surface area contributed by atoms with Crippen molar-refractivity contribution in [1.29, 1.82) is 0 Å². The fraction of sp³-hybridized carbons (Fsp3) is 0.733. The Morgan fingerprint density at radius 3 is 2.56 bits per heavy atom. The smallest absolute Gasteiger partial charge is 0.122 e. The third-order valence-corrected chi connectivity index (χ3v) is 3.69. The molecule has 104 valence electrons. The van der Waals surface area contributed by atoms with Gasteiger partial charge in [-0.3, -0.25) is 4.90 Å². The van der Waals surface area contributed by atoms with Gasteiger partial charge >= 0.3 is 0 Å². The van der Waals surface area contributed by atoms with E-state index in [1.807, 2.05) is 7.05 Å². The van der Waals surface area contributed by atoms with Crippen molar-refractivity contribution in [3.8, 4) is 0 Å². The van der Waals surface area contributed by atoms with Crippen molar-refractivity contribution in [1.82, 2.24) is 10.2 Å². The third-order valence-electron chi connectivity index (χ3n) is 3.69. The van der Waals surface area contributed by atoms with Crippen molar-refractivity contribution >= 4 is 0 Å². The molecule has 0 unspecified atom stereocenters. The fourth-order valence-electron chi connectivity index (χ4n) is 2.28. The Kier molecular flexibility index (Phi) is 7.06. The SMILES string of the molecule is CCC(CC)CN(CC)Cc1ccoc1CNC. The predicted octanol–water partition coefficient (Wildman–Crippen LogP) is 3.26. The topological polar surface area (TPSA) is 28.4 Å². The van der Waals surface area contributed by atoms with E-state index in [1.165, 1.54) is 24.9 Å². The molecular formula is C15H28N2O. The van der Waals surface area contributed by atoms with Gasteiger partial charge in [0.2, 0.25) is 0 Å². The first-order valence-corrected chi connectivity index (χ1v) is 7.17. The third kappa shape index (κ3) is 4.46. The molecule has 0 aliphatic heterocycles. The van der Waals surface area contributed by atoms with E-state index in [9.17, 15) is 0 Å². The van der Waals surface area contributed by atoms with Crippen molar-refractivity contribution in [2.24, 2.45) is 5.92 Å². The van der Waals surface area contributed by atoms with Crippen LogP contribution in [-0.4, -0.2) is 25.0 Å². The molecule has 1 aromatic rings. The number of nitrogens with one attached hydrogen (secondary N) is 1. The number of nitrogens with zero attached hydrogens (tertiary/aromatic N) is 1. The molecule has 1 rings (SSSR count). The summed E-state index contributed by atoms with van der Waals surface area (Å²) >= 11 is 0. The Morgan fingerprint density at radius 2 is 2.00 bits per heavy atom. The average Bonchev–Trinajstić information content (AvgIpc) is 2.82. The number of rotatable bonds is 9. The zero-order chi connectivity index (χ0) is 13.4. The maximum absolute atomic E-state index is 5.52. The van der Waals surface area contributed by atoms with E-state index in [2.05, 4.69) is 37.1 Å². The van der Waals surface area contributed by atoms with E-state index in [0.29, 0.717) is 0 Å². The Morgan fingerprint density at radius 1 is 1.28 bits per heavy atom. The van der Waals surface area contributed by atoms with E-state index in [4.69, 9.17) is 4.42 Å². The van der Waals surface area contributed by atoms with Gasteiger partial charge in [0.15, 0.2) is 0 Å². The molecule has 18 heavy (non-hydrogen) atoms. The van der Waals surface area contributed by atoms with Crippen LogP contribution in [0.3, 0.4) is 0 Å². The van der Waals surface area contributed by atoms with Gasteiger partial charge in [0.25, 0.3) is 0 Å². The fourth-order valence-corrected chi connectivity index (χ4v) is 2.28. The van der Waals surface area contributed by atoms with Crippen molar-refractivity contribution in [3.05, 3.63) is 23.7 Å². The van der Waals surface area contributed by atoms with Gasteiger partial charge in [0.05, 0.1) is 12.8 Å². The average molecular weight is 252 g/mol. The molecule has 0 saturated heterocycles. The van der Waals surface area contributed by atoms with Gasteiger partial charge in [-0.25, -0.2) is 0 Å². The molecule has 0 fully saturated rings. The molecule has 1 aromatic heterocycles. The second-order valence-corrected chi connectivity index (χ2v) is 4.91. The van der Waals surface area contributed by atoms with Gasteiger partial charge in [0, 0.05) is 18.7 Å². The van der Waals surface area contributed by atoms with Crippen LogP contribution in [0.4, 0.5) is 0 Å². The van der Waals surface area contributed by atoms with Crippen molar-refractivity contribution in [3.63, 3.8) is 0 Å². The van der Waals surface area contributed by atoms with Crippen LogP contribution in [0.5, 0.6) is 0 Å². The molecule has 0 aromatic carbocycles. The number of furan rings is 1. The highest BCUT2D eigenvalue weighted by molar-refractivity contribution is 5.16. The van der Waals surface area contributed by atoms with Crippen LogP contribution in [0, 0.1) is 5.92 Å². The molecule has 0 aliphatic carbocycles. The molecular weight excluding hydrogens is 224 g/mol.